The van der Waals surface area contributed by atoms with Crippen LogP contribution in [0.3, 0.4) is 0 Å². The summed E-state index contributed by atoms with van der Waals surface area (Å²) in [7, 11) is 2.86. The van der Waals surface area contributed by atoms with E-state index in [0.717, 1.165) is 18.3 Å². The summed E-state index contributed by atoms with van der Waals surface area (Å²) in [5.74, 6) is 2.29. The zero-order valence-corrected chi connectivity index (χ0v) is 17.5. The van der Waals surface area contributed by atoms with Gasteiger partial charge in [-0.2, -0.15) is 0 Å². The molecule has 0 amide bonds. The highest BCUT2D eigenvalue weighted by Gasteiger charge is 2.19. The normalized spacial score (nSPS) is 13.5. The van der Waals surface area contributed by atoms with Crippen molar-refractivity contribution >= 4 is 16.8 Å². The van der Waals surface area contributed by atoms with E-state index in [2.05, 4.69) is 30.2 Å². The molecule has 1 atom stereocenters. The molecule has 1 aromatic rings. The number of ether oxygens (including phenoxy) is 1. The minimum absolute atomic E-state index is 0.184. The Labute approximate surface area is 155 Å². The maximum absolute atomic E-state index is 12.1. The number of hydrogen-bond donors (Lipinski definition) is 1. The first-order chi connectivity index (χ1) is 11.6. The fraction of sp³-hybridized carbons (Fsp3) is 0.632. The molecule has 0 aliphatic heterocycles. The van der Waals surface area contributed by atoms with Crippen LogP contribution >= 0.6 is 0 Å². The van der Waals surface area contributed by atoms with Crippen molar-refractivity contribution in [3.63, 3.8) is 0 Å². The molecule has 0 bridgehead atoms. The van der Waals surface area contributed by atoms with E-state index in [-0.39, 0.29) is 4.75 Å². The molecular weight excluding hydrogens is 334 g/mol. The highest BCUT2D eigenvalue weighted by atomic mass is 32.2. The highest BCUT2D eigenvalue weighted by Crippen LogP contribution is 2.16. The van der Waals surface area contributed by atoms with Crippen molar-refractivity contribution in [1.82, 2.24) is 10.2 Å². The molecule has 1 aromatic carbocycles. The van der Waals surface area contributed by atoms with Gasteiger partial charge in [-0.3, -0.25) is 9.20 Å². The molecule has 5 nitrogen and oxygen atoms in total. The lowest BCUT2D eigenvalue weighted by atomic mass is 10.1. The van der Waals surface area contributed by atoms with E-state index < -0.39 is 10.8 Å². The van der Waals surface area contributed by atoms with Gasteiger partial charge in [-0.1, -0.05) is 6.07 Å². The lowest BCUT2D eigenvalue weighted by molar-refractivity contribution is 0.281. The zero-order chi connectivity index (χ0) is 19.0. The second kappa shape index (κ2) is 9.80. The maximum Gasteiger partial charge on any atom is 0.193 e. The van der Waals surface area contributed by atoms with Crippen LogP contribution < -0.4 is 10.1 Å². The maximum atomic E-state index is 12.1. The van der Waals surface area contributed by atoms with Gasteiger partial charge >= 0.3 is 0 Å². The third-order valence-corrected chi connectivity index (χ3v) is 5.66. The van der Waals surface area contributed by atoms with Gasteiger partial charge in [-0.25, -0.2) is 0 Å². The van der Waals surface area contributed by atoms with Crippen LogP contribution in [0.5, 0.6) is 5.75 Å². The second-order valence-electron chi connectivity index (χ2n) is 7.23. The molecule has 0 fully saturated rings. The first-order valence-electron chi connectivity index (χ1n) is 8.65. The third-order valence-electron chi connectivity index (χ3n) is 3.72. The predicted molar refractivity (Wildman–Crippen MR) is 108 cm³/mol. The first-order valence-corrected chi connectivity index (χ1v) is 9.96. The minimum Gasteiger partial charge on any atom is -0.492 e. The van der Waals surface area contributed by atoms with Gasteiger partial charge in [-0.15, -0.1) is 0 Å². The smallest absolute Gasteiger partial charge is 0.193 e. The van der Waals surface area contributed by atoms with Crippen molar-refractivity contribution in [2.24, 2.45) is 4.99 Å². The molecule has 142 valence electrons. The van der Waals surface area contributed by atoms with Crippen LogP contribution in [0.4, 0.5) is 0 Å². The van der Waals surface area contributed by atoms with Crippen molar-refractivity contribution < 1.29 is 8.95 Å². The van der Waals surface area contributed by atoms with E-state index in [0.29, 0.717) is 18.9 Å². The largest absolute Gasteiger partial charge is 0.492 e. The van der Waals surface area contributed by atoms with Crippen molar-refractivity contribution in [1.29, 1.82) is 0 Å². The van der Waals surface area contributed by atoms with E-state index in [4.69, 9.17) is 4.74 Å². The molecular formula is C19H33N3O2S. The quantitative estimate of drug-likeness (QED) is 0.595. The van der Waals surface area contributed by atoms with E-state index in [1.54, 1.807) is 7.05 Å². The number of aryl methyl sites for hydroxylation is 2. The summed E-state index contributed by atoms with van der Waals surface area (Å²) in [6.07, 6.45) is 0. The average Bonchev–Trinajstić information content (AvgIpc) is 2.49. The molecule has 0 aliphatic carbocycles. The summed E-state index contributed by atoms with van der Waals surface area (Å²) in [5, 5.41) is 3.27. The summed E-state index contributed by atoms with van der Waals surface area (Å²) in [6, 6.07) is 6.22. The van der Waals surface area contributed by atoms with Crippen LogP contribution in [0, 0.1) is 13.8 Å². The Morgan fingerprint density at radius 1 is 1.24 bits per heavy atom. The van der Waals surface area contributed by atoms with Gasteiger partial charge in [0.05, 0.1) is 6.54 Å². The lowest BCUT2D eigenvalue weighted by Crippen LogP contribution is -2.43. The molecule has 6 heteroatoms. The van der Waals surface area contributed by atoms with Crippen LogP contribution in [0.25, 0.3) is 0 Å². The highest BCUT2D eigenvalue weighted by molar-refractivity contribution is 7.86. The van der Waals surface area contributed by atoms with E-state index in [1.807, 2.05) is 44.9 Å². The standard InChI is InChI=1S/C19H33N3O2S/c1-15-12-16(2)14-17(13-15)24-10-9-22(7)18(20-6)21-8-11-25(23)19(3,4)5/h12-14H,8-11H2,1-7H3,(H,20,21). The molecule has 25 heavy (non-hydrogen) atoms. The number of benzene rings is 1. The summed E-state index contributed by atoms with van der Waals surface area (Å²) in [5.41, 5.74) is 2.40. The second-order valence-corrected chi connectivity index (χ2v) is 9.55. The fourth-order valence-corrected chi connectivity index (χ4v) is 3.27. The fourth-order valence-electron chi connectivity index (χ4n) is 2.37. The molecule has 1 unspecified atom stereocenters. The van der Waals surface area contributed by atoms with Gasteiger partial charge < -0.3 is 15.0 Å². The van der Waals surface area contributed by atoms with Gasteiger partial charge in [0.15, 0.2) is 5.96 Å². The molecule has 0 spiro atoms. The number of guanidine groups is 1. The molecule has 0 aromatic heterocycles. The number of aliphatic imine (C=N–C) groups is 1. The molecule has 1 rings (SSSR count). The Hall–Kier alpha value is -1.56. The van der Waals surface area contributed by atoms with Gasteiger partial charge in [-0.05, 0) is 57.9 Å². The van der Waals surface area contributed by atoms with Crippen LogP contribution in [-0.2, 0) is 10.8 Å². The SMILES string of the molecule is CN=C(NCCS(=O)C(C)(C)C)N(C)CCOc1cc(C)cc(C)c1. The van der Waals surface area contributed by atoms with Crippen molar-refractivity contribution in [2.45, 2.75) is 39.4 Å². The summed E-state index contributed by atoms with van der Waals surface area (Å²) in [4.78, 5) is 6.29. The number of nitrogens with zero attached hydrogens (tertiary/aromatic N) is 2. The summed E-state index contributed by atoms with van der Waals surface area (Å²) >= 11 is 0. The molecule has 0 radical (unpaired) electrons. The van der Waals surface area contributed by atoms with Crippen molar-refractivity contribution in [3.05, 3.63) is 29.3 Å². The van der Waals surface area contributed by atoms with Gasteiger partial charge in [0.1, 0.15) is 12.4 Å². The van der Waals surface area contributed by atoms with Gasteiger partial charge in [0, 0.05) is 41.9 Å². The summed E-state index contributed by atoms with van der Waals surface area (Å²) < 4.78 is 17.7. The molecule has 0 saturated carbocycles. The minimum atomic E-state index is -0.865. The third kappa shape index (κ3) is 7.90. The Balaban J connectivity index is 2.41. The van der Waals surface area contributed by atoms with E-state index in [1.165, 1.54) is 11.1 Å². The summed E-state index contributed by atoms with van der Waals surface area (Å²) in [6.45, 7) is 12.1. The zero-order valence-electron chi connectivity index (χ0n) is 16.7. The van der Waals surface area contributed by atoms with Crippen LogP contribution in [0.2, 0.25) is 0 Å². The van der Waals surface area contributed by atoms with Crippen LogP contribution in [0.15, 0.2) is 23.2 Å². The van der Waals surface area contributed by atoms with E-state index >= 15 is 0 Å². The van der Waals surface area contributed by atoms with Crippen LogP contribution in [0.1, 0.15) is 31.9 Å². The topological polar surface area (TPSA) is 53.9 Å². The number of hydrogen-bond acceptors (Lipinski definition) is 3. The van der Waals surface area contributed by atoms with Gasteiger partial charge in [0.2, 0.25) is 0 Å². The lowest BCUT2D eigenvalue weighted by Gasteiger charge is -2.23. The number of likely N-dealkylation sites (N-methyl/N-ethyl adjacent to an activating group) is 1. The number of rotatable bonds is 7. The predicted octanol–water partition coefficient (Wildman–Crippen LogP) is 2.74. The molecule has 1 N–H and O–H groups in total. The Morgan fingerprint density at radius 3 is 2.36 bits per heavy atom. The van der Waals surface area contributed by atoms with Crippen molar-refractivity contribution in [3.8, 4) is 5.75 Å². The van der Waals surface area contributed by atoms with Crippen molar-refractivity contribution in [2.75, 3.05) is 39.5 Å². The average molecular weight is 368 g/mol. The van der Waals surface area contributed by atoms with Gasteiger partial charge in [0.25, 0.3) is 0 Å². The Bertz CT molecular complexity index is 589. The monoisotopic (exact) mass is 367 g/mol. The molecule has 0 aliphatic rings. The first kappa shape index (κ1) is 21.5. The van der Waals surface area contributed by atoms with E-state index in [9.17, 15) is 4.21 Å². The van der Waals surface area contributed by atoms with Crippen LogP contribution in [-0.4, -0.2) is 59.4 Å². The molecule has 0 saturated heterocycles. The Morgan fingerprint density at radius 2 is 1.84 bits per heavy atom. The molecule has 0 heterocycles. The Kier molecular flexibility index (Phi) is 8.42. The number of nitrogens with one attached hydrogen (secondary N) is 1.